The van der Waals surface area contributed by atoms with Crippen LogP contribution in [0.25, 0.3) is 0 Å². The third-order valence-corrected chi connectivity index (χ3v) is 6.56. The van der Waals surface area contributed by atoms with Gasteiger partial charge >= 0.3 is 0 Å². The van der Waals surface area contributed by atoms with Crippen molar-refractivity contribution in [3.8, 4) is 11.5 Å². The molecule has 1 aromatic heterocycles. The minimum atomic E-state index is -3.68. The minimum Gasteiger partial charge on any atom is -0.497 e. The van der Waals surface area contributed by atoms with Crippen molar-refractivity contribution in [1.82, 2.24) is 13.9 Å². The van der Waals surface area contributed by atoms with Crippen molar-refractivity contribution in [2.75, 3.05) is 20.8 Å². The molecular weight excluding hydrogens is 366 g/mol. The summed E-state index contributed by atoms with van der Waals surface area (Å²) >= 11 is 0. The van der Waals surface area contributed by atoms with Crippen LogP contribution < -0.4 is 9.47 Å². The molecule has 0 bridgehead atoms. The predicted molar refractivity (Wildman–Crippen MR) is 102 cm³/mol. The van der Waals surface area contributed by atoms with Crippen LogP contribution in [0.15, 0.2) is 35.7 Å². The van der Waals surface area contributed by atoms with E-state index in [-0.39, 0.29) is 11.1 Å². The molecule has 0 radical (unpaired) electrons. The van der Waals surface area contributed by atoms with E-state index in [1.54, 1.807) is 37.1 Å². The Bertz CT molecular complexity index is 892. The zero-order chi connectivity index (χ0) is 19.6. The summed E-state index contributed by atoms with van der Waals surface area (Å²) in [6, 6.07) is 5.23. The van der Waals surface area contributed by atoms with Crippen molar-refractivity contribution in [3.05, 3.63) is 36.3 Å². The van der Waals surface area contributed by atoms with Crippen molar-refractivity contribution in [2.45, 2.75) is 44.3 Å². The van der Waals surface area contributed by atoms with Gasteiger partial charge in [0.25, 0.3) is 10.0 Å². The number of benzene rings is 1. The minimum absolute atomic E-state index is 0.0996. The van der Waals surface area contributed by atoms with Gasteiger partial charge in [0.15, 0.2) is 5.03 Å². The third kappa shape index (κ3) is 3.96. The first-order chi connectivity index (χ1) is 12.9. The molecule has 1 unspecified atom stereocenters. The second kappa shape index (κ2) is 7.90. The molecule has 7 nitrogen and oxygen atoms in total. The lowest BCUT2D eigenvalue weighted by molar-refractivity contribution is 0.360. The molecule has 2 aromatic rings. The van der Waals surface area contributed by atoms with E-state index < -0.39 is 10.0 Å². The summed E-state index contributed by atoms with van der Waals surface area (Å²) in [6.07, 6.45) is 4.75. The molecule has 1 aliphatic heterocycles. The average molecular weight is 394 g/mol. The summed E-state index contributed by atoms with van der Waals surface area (Å²) in [6.45, 7) is 5.37. The number of aromatic nitrogens is 2. The summed E-state index contributed by atoms with van der Waals surface area (Å²) in [5, 5.41) is 0.0996. The Hall–Kier alpha value is -2.06. The lowest BCUT2D eigenvalue weighted by Gasteiger charge is -2.25. The number of hydrogen-bond acceptors (Lipinski definition) is 5. The molecule has 148 valence electrons. The Morgan fingerprint density at radius 2 is 2.04 bits per heavy atom. The SMILES string of the molecule is COc1ccc(C2CCCN2S(=O)(=O)c2cn(CC(C)C)cn2)c(OC)c1. The maximum atomic E-state index is 13.2. The van der Waals surface area contributed by atoms with Crippen LogP contribution in [0, 0.1) is 5.92 Å². The first-order valence-corrected chi connectivity index (χ1v) is 10.6. The molecule has 0 amide bonds. The molecule has 2 heterocycles. The maximum absolute atomic E-state index is 13.2. The van der Waals surface area contributed by atoms with Gasteiger partial charge < -0.3 is 14.0 Å². The zero-order valence-electron chi connectivity index (χ0n) is 16.3. The van der Waals surface area contributed by atoms with Gasteiger partial charge in [0.05, 0.1) is 26.6 Å². The van der Waals surface area contributed by atoms with E-state index >= 15 is 0 Å². The van der Waals surface area contributed by atoms with E-state index in [1.807, 2.05) is 16.7 Å². The fourth-order valence-corrected chi connectivity index (χ4v) is 5.16. The van der Waals surface area contributed by atoms with Gasteiger partial charge in [-0.15, -0.1) is 0 Å². The number of imidazole rings is 1. The van der Waals surface area contributed by atoms with Gasteiger partial charge in [-0.3, -0.25) is 0 Å². The van der Waals surface area contributed by atoms with Crippen molar-refractivity contribution in [1.29, 1.82) is 0 Å². The summed E-state index contributed by atoms with van der Waals surface area (Å²) in [5.41, 5.74) is 0.848. The molecule has 1 aromatic carbocycles. The number of nitrogens with zero attached hydrogens (tertiary/aromatic N) is 3. The molecule has 3 rings (SSSR count). The molecule has 0 N–H and O–H groups in total. The Balaban J connectivity index is 1.93. The monoisotopic (exact) mass is 393 g/mol. The highest BCUT2D eigenvalue weighted by Gasteiger charge is 2.38. The fraction of sp³-hybridized carbons (Fsp3) is 0.526. The quantitative estimate of drug-likeness (QED) is 0.723. The third-order valence-electron chi connectivity index (χ3n) is 4.76. The largest absolute Gasteiger partial charge is 0.497 e. The van der Waals surface area contributed by atoms with Crippen LogP contribution in [0.2, 0.25) is 0 Å². The van der Waals surface area contributed by atoms with E-state index in [2.05, 4.69) is 18.8 Å². The van der Waals surface area contributed by atoms with Crippen molar-refractivity contribution in [2.24, 2.45) is 5.92 Å². The highest BCUT2D eigenvalue weighted by Crippen LogP contribution is 2.41. The van der Waals surface area contributed by atoms with E-state index in [0.29, 0.717) is 24.0 Å². The van der Waals surface area contributed by atoms with E-state index in [9.17, 15) is 8.42 Å². The molecule has 0 spiro atoms. The summed E-state index contributed by atoms with van der Waals surface area (Å²) in [4.78, 5) is 4.17. The lowest BCUT2D eigenvalue weighted by Crippen LogP contribution is -2.31. The number of rotatable bonds is 7. The van der Waals surface area contributed by atoms with Gasteiger partial charge in [-0.2, -0.15) is 4.31 Å². The number of sulfonamides is 1. The summed E-state index contributed by atoms with van der Waals surface area (Å²) < 4.78 is 40.6. The zero-order valence-corrected chi connectivity index (χ0v) is 17.1. The number of ether oxygens (including phenoxy) is 2. The molecule has 1 atom stereocenters. The van der Waals surface area contributed by atoms with Crippen molar-refractivity contribution >= 4 is 10.0 Å². The Labute approximate surface area is 161 Å². The Morgan fingerprint density at radius 1 is 1.26 bits per heavy atom. The van der Waals surface area contributed by atoms with Crippen LogP contribution in [0.5, 0.6) is 11.5 Å². The van der Waals surface area contributed by atoms with E-state index in [0.717, 1.165) is 24.9 Å². The lowest BCUT2D eigenvalue weighted by atomic mass is 10.0. The molecule has 27 heavy (non-hydrogen) atoms. The van der Waals surface area contributed by atoms with Crippen molar-refractivity contribution in [3.63, 3.8) is 0 Å². The highest BCUT2D eigenvalue weighted by molar-refractivity contribution is 7.89. The standard InChI is InChI=1S/C19H27N3O4S/c1-14(2)11-21-12-19(20-13-21)27(23,24)22-9-5-6-17(22)16-8-7-15(25-3)10-18(16)26-4/h7-8,10,12-14,17H,5-6,9,11H2,1-4H3. The first kappa shape index (κ1) is 19.7. The topological polar surface area (TPSA) is 73.7 Å². The van der Waals surface area contributed by atoms with Gasteiger partial charge in [0.2, 0.25) is 0 Å². The second-order valence-corrected chi connectivity index (χ2v) is 9.02. The van der Waals surface area contributed by atoms with Crippen LogP contribution >= 0.6 is 0 Å². The van der Waals surface area contributed by atoms with Gasteiger partial charge in [-0.25, -0.2) is 13.4 Å². The smallest absolute Gasteiger partial charge is 0.262 e. The van der Waals surface area contributed by atoms with Crippen LogP contribution in [-0.4, -0.2) is 43.0 Å². The van der Waals surface area contributed by atoms with Crippen LogP contribution in [0.1, 0.15) is 38.3 Å². The molecule has 0 saturated carbocycles. The molecule has 8 heteroatoms. The molecule has 0 aliphatic carbocycles. The first-order valence-electron chi connectivity index (χ1n) is 9.12. The van der Waals surface area contributed by atoms with E-state index in [4.69, 9.17) is 9.47 Å². The van der Waals surface area contributed by atoms with Crippen LogP contribution in [0.3, 0.4) is 0 Å². The Morgan fingerprint density at radius 3 is 2.70 bits per heavy atom. The molecule has 1 aliphatic rings. The molecule has 1 saturated heterocycles. The Kier molecular flexibility index (Phi) is 5.76. The number of methoxy groups -OCH3 is 2. The fourth-order valence-electron chi connectivity index (χ4n) is 3.55. The normalized spacial score (nSPS) is 18.2. The van der Waals surface area contributed by atoms with Gasteiger partial charge in [-0.1, -0.05) is 19.9 Å². The number of hydrogen-bond donors (Lipinski definition) is 0. The average Bonchev–Trinajstić information content (AvgIpc) is 3.30. The van der Waals surface area contributed by atoms with Gasteiger partial charge in [-0.05, 0) is 24.8 Å². The van der Waals surface area contributed by atoms with E-state index in [1.165, 1.54) is 0 Å². The van der Waals surface area contributed by atoms with Crippen LogP contribution in [-0.2, 0) is 16.6 Å². The van der Waals surface area contributed by atoms with Crippen molar-refractivity contribution < 1.29 is 17.9 Å². The summed E-state index contributed by atoms with van der Waals surface area (Å²) in [7, 11) is -0.503. The summed E-state index contributed by atoms with van der Waals surface area (Å²) in [5.74, 6) is 1.72. The van der Waals surface area contributed by atoms with Gasteiger partial charge in [0, 0.05) is 30.9 Å². The predicted octanol–water partition coefficient (Wildman–Crippen LogP) is 3.08. The highest BCUT2D eigenvalue weighted by atomic mass is 32.2. The molecule has 1 fully saturated rings. The second-order valence-electron chi connectivity index (χ2n) is 7.18. The van der Waals surface area contributed by atoms with Crippen LogP contribution in [0.4, 0.5) is 0 Å². The maximum Gasteiger partial charge on any atom is 0.262 e. The van der Waals surface area contributed by atoms with Gasteiger partial charge in [0.1, 0.15) is 11.5 Å². The molecular formula is C19H27N3O4S.